The molecule has 1 heterocycles. The second kappa shape index (κ2) is 7.98. The first kappa shape index (κ1) is 20.1. The number of primary amides is 1. The third-order valence-corrected chi connectivity index (χ3v) is 3.89. The maximum atomic E-state index is 12.5. The molecular formula is C18H23N5O4. The van der Waals surface area contributed by atoms with Gasteiger partial charge in [-0.25, -0.2) is 9.59 Å². The number of aromatic nitrogens is 3. The van der Waals surface area contributed by atoms with Gasteiger partial charge in [0.25, 0.3) is 5.91 Å². The number of carbonyl (C=O) groups excluding carboxylic acids is 3. The lowest BCUT2D eigenvalue weighted by Crippen LogP contribution is -2.45. The number of hydrogen-bond donors (Lipinski definition) is 2. The van der Waals surface area contributed by atoms with Crippen LogP contribution in [0.4, 0.5) is 4.79 Å². The van der Waals surface area contributed by atoms with Crippen LogP contribution in [0.25, 0.3) is 5.69 Å². The number of ether oxygens (including phenoxy) is 1. The standard InChI is InChI=1S/C18H23N5O4/c1-9(2)15(16(24)20-18(19)26)27-17(25)14-12(5)21-23(22-14)13-7-6-10(3)8-11(13)4/h6-9,15H,1-5H3,(H3,19,20,24,26)/t15-/m0/s1. The van der Waals surface area contributed by atoms with Crippen molar-refractivity contribution in [3.63, 3.8) is 0 Å². The first-order valence-electron chi connectivity index (χ1n) is 8.43. The van der Waals surface area contributed by atoms with Crippen molar-refractivity contribution in [3.8, 4) is 5.69 Å². The molecule has 3 amide bonds. The van der Waals surface area contributed by atoms with E-state index in [1.54, 1.807) is 20.8 Å². The van der Waals surface area contributed by atoms with Crippen LogP contribution in [0.3, 0.4) is 0 Å². The van der Waals surface area contributed by atoms with Gasteiger partial charge < -0.3 is 10.5 Å². The van der Waals surface area contributed by atoms with Gasteiger partial charge in [-0.05, 0) is 38.3 Å². The smallest absolute Gasteiger partial charge is 0.361 e. The second-order valence-corrected chi connectivity index (χ2v) is 6.64. The van der Waals surface area contributed by atoms with Gasteiger partial charge in [-0.1, -0.05) is 31.5 Å². The summed E-state index contributed by atoms with van der Waals surface area (Å²) in [6, 6.07) is 4.74. The molecule has 1 atom stereocenters. The van der Waals surface area contributed by atoms with Gasteiger partial charge in [0.2, 0.25) is 0 Å². The number of benzene rings is 1. The minimum Gasteiger partial charge on any atom is -0.447 e. The highest BCUT2D eigenvalue weighted by Gasteiger charge is 2.30. The summed E-state index contributed by atoms with van der Waals surface area (Å²) in [5.41, 5.74) is 8.08. The van der Waals surface area contributed by atoms with Crippen molar-refractivity contribution in [2.75, 3.05) is 0 Å². The van der Waals surface area contributed by atoms with Gasteiger partial charge in [-0.3, -0.25) is 10.1 Å². The van der Waals surface area contributed by atoms with E-state index in [4.69, 9.17) is 10.5 Å². The molecule has 0 radical (unpaired) electrons. The van der Waals surface area contributed by atoms with E-state index >= 15 is 0 Å². The molecule has 0 aliphatic rings. The molecule has 0 unspecified atom stereocenters. The largest absolute Gasteiger partial charge is 0.447 e. The predicted molar refractivity (Wildman–Crippen MR) is 97.3 cm³/mol. The van der Waals surface area contributed by atoms with Crippen LogP contribution in [-0.2, 0) is 9.53 Å². The average molecular weight is 373 g/mol. The number of urea groups is 1. The van der Waals surface area contributed by atoms with Crippen LogP contribution in [0, 0.1) is 26.7 Å². The fourth-order valence-electron chi connectivity index (χ4n) is 2.56. The van der Waals surface area contributed by atoms with E-state index in [0.29, 0.717) is 5.69 Å². The highest BCUT2D eigenvalue weighted by Crippen LogP contribution is 2.17. The number of aryl methyl sites for hydroxylation is 3. The van der Waals surface area contributed by atoms with Gasteiger partial charge in [-0.2, -0.15) is 9.90 Å². The van der Waals surface area contributed by atoms with Crippen LogP contribution >= 0.6 is 0 Å². The molecule has 0 aliphatic carbocycles. The summed E-state index contributed by atoms with van der Waals surface area (Å²) < 4.78 is 5.27. The van der Waals surface area contributed by atoms with E-state index in [1.807, 2.05) is 37.4 Å². The van der Waals surface area contributed by atoms with E-state index in [1.165, 1.54) is 4.80 Å². The van der Waals surface area contributed by atoms with Gasteiger partial charge in [0, 0.05) is 0 Å². The predicted octanol–water partition coefficient (Wildman–Crippen LogP) is 1.57. The monoisotopic (exact) mass is 373 g/mol. The van der Waals surface area contributed by atoms with Gasteiger partial charge in [0.05, 0.1) is 11.4 Å². The van der Waals surface area contributed by atoms with Crippen LogP contribution in [0.15, 0.2) is 18.2 Å². The fraction of sp³-hybridized carbons (Fsp3) is 0.389. The molecule has 9 heteroatoms. The van der Waals surface area contributed by atoms with Crippen LogP contribution in [0.1, 0.15) is 41.2 Å². The van der Waals surface area contributed by atoms with Crippen molar-refractivity contribution < 1.29 is 19.1 Å². The molecule has 1 aromatic heterocycles. The summed E-state index contributed by atoms with van der Waals surface area (Å²) in [7, 11) is 0. The quantitative estimate of drug-likeness (QED) is 0.765. The van der Waals surface area contributed by atoms with E-state index < -0.39 is 24.0 Å². The molecule has 0 fully saturated rings. The average Bonchev–Trinajstić information content (AvgIpc) is 2.92. The fourth-order valence-corrected chi connectivity index (χ4v) is 2.56. The van der Waals surface area contributed by atoms with Crippen LogP contribution in [0.2, 0.25) is 0 Å². The maximum Gasteiger partial charge on any atom is 0.361 e. The Bertz CT molecular complexity index is 888. The summed E-state index contributed by atoms with van der Waals surface area (Å²) in [6.07, 6.45) is -1.18. The van der Waals surface area contributed by atoms with Crippen molar-refractivity contribution in [3.05, 3.63) is 40.7 Å². The summed E-state index contributed by atoms with van der Waals surface area (Å²) in [4.78, 5) is 36.8. The number of nitrogens with two attached hydrogens (primary N) is 1. The molecule has 27 heavy (non-hydrogen) atoms. The van der Waals surface area contributed by atoms with E-state index in [2.05, 4.69) is 10.2 Å². The SMILES string of the molecule is Cc1ccc(-n2nc(C)c(C(=O)O[C@H](C(=O)NC(N)=O)C(C)C)n2)c(C)c1. The number of esters is 1. The summed E-state index contributed by atoms with van der Waals surface area (Å²) in [5, 5.41) is 10.4. The van der Waals surface area contributed by atoms with Crippen LogP contribution in [-0.4, -0.2) is 39.0 Å². The van der Waals surface area contributed by atoms with E-state index in [9.17, 15) is 14.4 Å². The molecule has 0 bridgehead atoms. The lowest BCUT2D eigenvalue weighted by molar-refractivity contribution is -0.130. The first-order valence-corrected chi connectivity index (χ1v) is 8.43. The number of hydrogen-bond acceptors (Lipinski definition) is 6. The Morgan fingerprint density at radius 1 is 1.15 bits per heavy atom. The Morgan fingerprint density at radius 3 is 2.37 bits per heavy atom. The summed E-state index contributed by atoms with van der Waals surface area (Å²) in [6.45, 7) is 8.87. The number of imide groups is 1. The molecular weight excluding hydrogens is 350 g/mol. The maximum absolute atomic E-state index is 12.5. The van der Waals surface area contributed by atoms with E-state index in [0.717, 1.165) is 16.8 Å². The Morgan fingerprint density at radius 2 is 1.81 bits per heavy atom. The van der Waals surface area contributed by atoms with Crippen LogP contribution < -0.4 is 11.1 Å². The second-order valence-electron chi connectivity index (χ2n) is 6.64. The van der Waals surface area contributed by atoms with E-state index in [-0.39, 0.29) is 11.6 Å². The molecule has 2 rings (SSSR count). The Kier molecular flexibility index (Phi) is 5.94. The van der Waals surface area contributed by atoms with Crippen molar-refractivity contribution >= 4 is 17.9 Å². The zero-order chi connectivity index (χ0) is 20.3. The zero-order valence-electron chi connectivity index (χ0n) is 15.9. The lowest BCUT2D eigenvalue weighted by atomic mass is 10.1. The highest BCUT2D eigenvalue weighted by molar-refractivity contribution is 5.98. The Balaban J connectivity index is 2.27. The minimum atomic E-state index is -1.18. The molecule has 9 nitrogen and oxygen atoms in total. The molecule has 0 aliphatic heterocycles. The van der Waals surface area contributed by atoms with Gasteiger partial charge in [0.15, 0.2) is 11.8 Å². The van der Waals surface area contributed by atoms with Gasteiger partial charge in [-0.15, -0.1) is 5.10 Å². The topological polar surface area (TPSA) is 129 Å². The van der Waals surface area contributed by atoms with Crippen molar-refractivity contribution in [1.29, 1.82) is 0 Å². The zero-order valence-corrected chi connectivity index (χ0v) is 15.9. The molecule has 144 valence electrons. The first-order chi connectivity index (χ1) is 12.6. The molecule has 2 aromatic rings. The minimum absolute atomic E-state index is 0.00694. The van der Waals surface area contributed by atoms with Crippen molar-refractivity contribution in [2.24, 2.45) is 11.7 Å². The Hall–Kier alpha value is -3.23. The number of nitrogens with one attached hydrogen (secondary N) is 1. The summed E-state index contributed by atoms with van der Waals surface area (Å²) >= 11 is 0. The third-order valence-electron chi connectivity index (χ3n) is 3.89. The molecule has 3 N–H and O–H groups in total. The van der Waals surface area contributed by atoms with Crippen molar-refractivity contribution in [2.45, 2.75) is 40.7 Å². The molecule has 0 spiro atoms. The third kappa shape index (κ3) is 4.69. The normalized spacial score (nSPS) is 11.9. The Labute approximate surface area is 156 Å². The number of amides is 3. The molecule has 1 aromatic carbocycles. The van der Waals surface area contributed by atoms with Crippen molar-refractivity contribution in [1.82, 2.24) is 20.3 Å². The lowest BCUT2D eigenvalue weighted by Gasteiger charge is -2.19. The van der Waals surface area contributed by atoms with Crippen LogP contribution in [0.5, 0.6) is 0 Å². The van der Waals surface area contributed by atoms with Gasteiger partial charge >= 0.3 is 12.0 Å². The number of carbonyl (C=O) groups is 3. The molecule has 0 saturated carbocycles. The summed E-state index contributed by atoms with van der Waals surface area (Å²) in [5.74, 6) is -1.96. The number of nitrogens with zero attached hydrogens (tertiary/aromatic N) is 3. The highest BCUT2D eigenvalue weighted by atomic mass is 16.5. The number of rotatable bonds is 5. The molecule has 0 saturated heterocycles. The van der Waals surface area contributed by atoms with Gasteiger partial charge in [0.1, 0.15) is 0 Å².